The number of fused-ring (bicyclic) bond motifs is 3. The molecular formula is C23H40O2. The highest BCUT2D eigenvalue weighted by molar-refractivity contribution is 5.75. The maximum absolute atomic E-state index is 12.1. The van der Waals surface area contributed by atoms with Crippen molar-refractivity contribution in [2.45, 2.75) is 98.8 Å². The van der Waals surface area contributed by atoms with Crippen LogP contribution >= 0.6 is 0 Å². The van der Waals surface area contributed by atoms with Gasteiger partial charge in [-0.15, -0.1) is 0 Å². The van der Waals surface area contributed by atoms with Crippen LogP contribution in [-0.2, 0) is 4.79 Å². The standard InChI is InChI=1S/C23H40O2/c1-6-11-23(16(2)3)14-10-18-17(15-23)8-9-19-21(18,4)12-7-13-22(19,5)20(24)25/h16-19H,6-15H2,1-5H3,(H,24,25). The van der Waals surface area contributed by atoms with Crippen molar-refractivity contribution in [2.75, 3.05) is 0 Å². The van der Waals surface area contributed by atoms with Crippen LogP contribution in [0.3, 0.4) is 0 Å². The van der Waals surface area contributed by atoms with Gasteiger partial charge in [-0.25, -0.2) is 0 Å². The molecule has 0 aromatic rings. The lowest BCUT2D eigenvalue weighted by atomic mass is 9.42. The first-order valence-corrected chi connectivity index (χ1v) is 10.9. The van der Waals surface area contributed by atoms with Crippen LogP contribution in [-0.4, -0.2) is 11.1 Å². The molecule has 3 saturated carbocycles. The van der Waals surface area contributed by atoms with Gasteiger partial charge >= 0.3 is 5.97 Å². The van der Waals surface area contributed by atoms with Crippen LogP contribution in [0.15, 0.2) is 0 Å². The van der Waals surface area contributed by atoms with E-state index in [1.54, 1.807) is 0 Å². The third-order valence-electron chi connectivity index (χ3n) is 9.30. The van der Waals surface area contributed by atoms with E-state index in [9.17, 15) is 9.90 Å². The molecule has 1 N–H and O–H groups in total. The summed E-state index contributed by atoms with van der Waals surface area (Å²) in [5, 5.41) is 9.97. The maximum Gasteiger partial charge on any atom is 0.309 e. The molecule has 0 aromatic carbocycles. The molecule has 25 heavy (non-hydrogen) atoms. The largest absolute Gasteiger partial charge is 0.481 e. The molecule has 144 valence electrons. The Kier molecular flexibility index (Phi) is 5.06. The van der Waals surface area contributed by atoms with Gasteiger partial charge in [0.25, 0.3) is 0 Å². The molecule has 0 bridgehead atoms. The predicted octanol–water partition coefficient (Wildman–Crippen LogP) is 6.54. The molecule has 0 aliphatic heterocycles. The van der Waals surface area contributed by atoms with E-state index in [4.69, 9.17) is 0 Å². The van der Waals surface area contributed by atoms with Crippen molar-refractivity contribution in [2.24, 2.45) is 39.9 Å². The summed E-state index contributed by atoms with van der Waals surface area (Å²) in [7, 11) is 0. The number of carbonyl (C=O) groups is 1. The smallest absolute Gasteiger partial charge is 0.309 e. The highest BCUT2D eigenvalue weighted by Gasteiger charge is 2.60. The molecule has 0 amide bonds. The van der Waals surface area contributed by atoms with Crippen molar-refractivity contribution in [1.82, 2.24) is 0 Å². The Morgan fingerprint density at radius 1 is 1.12 bits per heavy atom. The average molecular weight is 349 g/mol. The lowest BCUT2D eigenvalue weighted by Gasteiger charge is -2.62. The lowest BCUT2D eigenvalue weighted by Crippen LogP contribution is -2.57. The van der Waals surface area contributed by atoms with Crippen LogP contribution in [0.5, 0.6) is 0 Å². The molecule has 3 aliphatic carbocycles. The van der Waals surface area contributed by atoms with Crippen LogP contribution in [0, 0.1) is 39.9 Å². The van der Waals surface area contributed by atoms with E-state index in [1.807, 2.05) is 0 Å². The molecule has 0 saturated heterocycles. The second-order valence-corrected chi connectivity index (χ2v) is 10.6. The highest BCUT2D eigenvalue weighted by Crippen LogP contribution is 2.66. The summed E-state index contributed by atoms with van der Waals surface area (Å²) >= 11 is 0. The minimum absolute atomic E-state index is 0.254. The topological polar surface area (TPSA) is 37.3 Å². The Labute approximate surface area is 155 Å². The van der Waals surface area contributed by atoms with Gasteiger partial charge in [-0.05, 0) is 92.8 Å². The minimum atomic E-state index is -0.541. The van der Waals surface area contributed by atoms with Gasteiger partial charge in [0.2, 0.25) is 0 Å². The summed E-state index contributed by atoms with van der Waals surface area (Å²) < 4.78 is 0. The summed E-state index contributed by atoms with van der Waals surface area (Å²) in [6, 6.07) is 0. The molecule has 3 fully saturated rings. The van der Waals surface area contributed by atoms with Gasteiger partial charge in [-0.2, -0.15) is 0 Å². The van der Waals surface area contributed by atoms with Crippen molar-refractivity contribution >= 4 is 5.97 Å². The van der Waals surface area contributed by atoms with E-state index in [2.05, 4.69) is 34.6 Å². The molecule has 0 spiro atoms. The molecule has 2 nitrogen and oxygen atoms in total. The Hall–Kier alpha value is -0.530. The summed E-state index contributed by atoms with van der Waals surface area (Å²) in [6.45, 7) is 11.7. The third kappa shape index (κ3) is 2.86. The van der Waals surface area contributed by atoms with E-state index in [-0.39, 0.29) is 5.41 Å². The van der Waals surface area contributed by atoms with E-state index < -0.39 is 11.4 Å². The Balaban J connectivity index is 1.87. The SMILES string of the molecule is CCCC1(C(C)C)CCC2C(CCC3C(C)(C(=O)O)CCCC23C)C1. The molecule has 0 heterocycles. The maximum atomic E-state index is 12.1. The quantitative estimate of drug-likeness (QED) is 0.626. The van der Waals surface area contributed by atoms with Crippen molar-refractivity contribution in [3.63, 3.8) is 0 Å². The van der Waals surface area contributed by atoms with Crippen LogP contribution in [0.25, 0.3) is 0 Å². The summed E-state index contributed by atoms with van der Waals surface area (Å²) in [5.74, 6) is 2.20. The second-order valence-electron chi connectivity index (χ2n) is 10.6. The highest BCUT2D eigenvalue weighted by atomic mass is 16.4. The molecule has 2 heteroatoms. The fraction of sp³-hybridized carbons (Fsp3) is 0.957. The number of aliphatic carboxylic acids is 1. The van der Waals surface area contributed by atoms with E-state index in [1.165, 1.54) is 44.9 Å². The molecule has 6 atom stereocenters. The van der Waals surface area contributed by atoms with Gasteiger partial charge < -0.3 is 5.11 Å². The lowest BCUT2D eigenvalue weighted by molar-refractivity contribution is -0.176. The second kappa shape index (κ2) is 6.57. The van der Waals surface area contributed by atoms with Crippen LogP contribution < -0.4 is 0 Å². The molecule has 0 aromatic heterocycles. The van der Waals surface area contributed by atoms with Gasteiger partial charge in [0.15, 0.2) is 0 Å². The molecule has 3 aliphatic rings. The first kappa shape index (κ1) is 19.2. The van der Waals surface area contributed by atoms with E-state index >= 15 is 0 Å². The van der Waals surface area contributed by atoms with Gasteiger partial charge in [-0.1, -0.05) is 40.5 Å². The normalized spacial score (nSPS) is 47.2. The van der Waals surface area contributed by atoms with Gasteiger partial charge in [0, 0.05) is 0 Å². The summed E-state index contributed by atoms with van der Waals surface area (Å²) in [4.78, 5) is 12.1. The summed E-state index contributed by atoms with van der Waals surface area (Å²) in [5.41, 5.74) is 0.307. The zero-order chi connectivity index (χ0) is 18.5. The zero-order valence-electron chi connectivity index (χ0n) is 17.2. The Bertz CT molecular complexity index is 512. The minimum Gasteiger partial charge on any atom is -0.481 e. The van der Waals surface area contributed by atoms with Crippen LogP contribution in [0.2, 0.25) is 0 Å². The number of carboxylic acid groups (broad SMARTS) is 1. The number of carboxylic acids is 1. The summed E-state index contributed by atoms with van der Waals surface area (Å²) in [6.07, 6.45) is 12.4. The average Bonchev–Trinajstić information content (AvgIpc) is 2.54. The van der Waals surface area contributed by atoms with Crippen molar-refractivity contribution in [3.05, 3.63) is 0 Å². The van der Waals surface area contributed by atoms with Crippen molar-refractivity contribution in [3.8, 4) is 0 Å². The van der Waals surface area contributed by atoms with E-state index in [0.717, 1.165) is 37.0 Å². The first-order chi connectivity index (χ1) is 11.7. The Morgan fingerprint density at radius 3 is 2.44 bits per heavy atom. The monoisotopic (exact) mass is 348 g/mol. The fourth-order valence-electron chi connectivity index (χ4n) is 7.80. The molecule has 3 rings (SSSR count). The van der Waals surface area contributed by atoms with Gasteiger partial charge in [0.05, 0.1) is 5.41 Å². The van der Waals surface area contributed by atoms with Crippen molar-refractivity contribution < 1.29 is 9.90 Å². The number of hydrogen-bond acceptors (Lipinski definition) is 1. The number of hydrogen-bond donors (Lipinski definition) is 1. The zero-order valence-corrected chi connectivity index (χ0v) is 17.2. The molecule has 6 unspecified atom stereocenters. The third-order valence-corrected chi connectivity index (χ3v) is 9.30. The van der Waals surface area contributed by atoms with Crippen LogP contribution in [0.4, 0.5) is 0 Å². The fourth-order valence-corrected chi connectivity index (χ4v) is 7.80. The van der Waals surface area contributed by atoms with E-state index in [0.29, 0.717) is 11.3 Å². The number of rotatable bonds is 4. The molecular weight excluding hydrogens is 308 g/mol. The van der Waals surface area contributed by atoms with Crippen molar-refractivity contribution in [1.29, 1.82) is 0 Å². The first-order valence-electron chi connectivity index (χ1n) is 10.9. The van der Waals surface area contributed by atoms with Gasteiger partial charge in [-0.3, -0.25) is 4.79 Å². The van der Waals surface area contributed by atoms with Crippen LogP contribution in [0.1, 0.15) is 98.8 Å². The molecule has 0 radical (unpaired) electrons. The predicted molar refractivity (Wildman–Crippen MR) is 103 cm³/mol. The Morgan fingerprint density at radius 2 is 1.84 bits per heavy atom. The van der Waals surface area contributed by atoms with Gasteiger partial charge in [0.1, 0.15) is 0 Å².